The molecule has 10 nitrogen and oxygen atoms in total. The molecule has 2 atom stereocenters. The number of fused-ring (bicyclic) bond motifs is 1. The van der Waals surface area contributed by atoms with Crippen LogP contribution in [0.5, 0.6) is 17.2 Å². The number of hydrogen-bond donors (Lipinski definition) is 1. The number of hydrogen-bond acceptors (Lipinski definition) is 8. The second-order valence-electron chi connectivity index (χ2n) is 14.3. The van der Waals surface area contributed by atoms with E-state index in [-0.39, 0.29) is 12.5 Å². The Balaban J connectivity index is 1.27. The zero-order valence-corrected chi connectivity index (χ0v) is 31.6. The molecule has 53 heavy (non-hydrogen) atoms. The summed E-state index contributed by atoms with van der Waals surface area (Å²) in [6.07, 6.45) is 6.45. The van der Waals surface area contributed by atoms with Crippen molar-refractivity contribution in [3.05, 3.63) is 95.1 Å². The molecule has 3 aromatic carbocycles. The van der Waals surface area contributed by atoms with E-state index in [0.29, 0.717) is 68.0 Å². The van der Waals surface area contributed by atoms with E-state index in [1.165, 1.54) is 21.6 Å². The van der Waals surface area contributed by atoms with Crippen molar-refractivity contribution in [1.82, 2.24) is 10.2 Å². The fourth-order valence-corrected chi connectivity index (χ4v) is 6.78. The summed E-state index contributed by atoms with van der Waals surface area (Å²) in [5.41, 5.74) is 4.59. The minimum Gasteiger partial charge on any atom is -0.493 e. The van der Waals surface area contributed by atoms with E-state index >= 15 is 0 Å². The minimum absolute atomic E-state index is 0.170. The van der Waals surface area contributed by atoms with Crippen LogP contribution < -0.4 is 19.5 Å². The van der Waals surface area contributed by atoms with Crippen LogP contribution in [0.4, 0.5) is 0 Å². The predicted molar refractivity (Wildman–Crippen MR) is 203 cm³/mol. The van der Waals surface area contributed by atoms with Gasteiger partial charge in [-0.1, -0.05) is 69.3 Å². The van der Waals surface area contributed by atoms with Crippen molar-refractivity contribution in [2.24, 2.45) is 5.41 Å². The van der Waals surface area contributed by atoms with Crippen molar-refractivity contribution in [2.75, 3.05) is 33.9 Å². The first-order valence-electron chi connectivity index (χ1n) is 18.6. The summed E-state index contributed by atoms with van der Waals surface area (Å²) >= 11 is 0. The lowest BCUT2D eigenvalue weighted by molar-refractivity contribution is -0.164. The maximum absolute atomic E-state index is 13.9. The van der Waals surface area contributed by atoms with Gasteiger partial charge < -0.3 is 29.2 Å². The van der Waals surface area contributed by atoms with Gasteiger partial charge in [-0.25, -0.2) is 4.79 Å². The van der Waals surface area contributed by atoms with Crippen molar-refractivity contribution in [1.29, 1.82) is 0 Å². The van der Waals surface area contributed by atoms with Gasteiger partial charge in [0.05, 0.1) is 14.2 Å². The smallest absolute Gasteiger partial charge is 0.329 e. The van der Waals surface area contributed by atoms with Crippen LogP contribution in [0.1, 0.15) is 87.7 Å². The van der Waals surface area contributed by atoms with Gasteiger partial charge in [-0.05, 0) is 103 Å². The third kappa shape index (κ3) is 9.86. The van der Waals surface area contributed by atoms with Gasteiger partial charge in [0, 0.05) is 18.5 Å². The zero-order chi connectivity index (χ0) is 38.0. The lowest BCUT2D eigenvalue weighted by Crippen LogP contribution is -2.53. The zero-order valence-electron chi connectivity index (χ0n) is 31.6. The Kier molecular flexibility index (Phi) is 13.3. The number of esters is 1. The molecule has 1 heterocycles. The first-order chi connectivity index (χ1) is 25.5. The van der Waals surface area contributed by atoms with Gasteiger partial charge in [0.25, 0.3) is 11.8 Å². The van der Waals surface area contributed by atoms with Gasteiger partial charge in [0.2, 0.25) is 5.78 Å². The van der Waals surface area contributed by atoms with E-state index in [1.54, 1.807) is 46.3 Å². The highest BCUT2D eigenvalue weighted by molar-refractivity contribution is 6.38. The van der Waals surface area contributed by atoms with Crippen molar-refractivity contribution in [3.63, 3.8) is 0 Å². The maximum Gasteiger partial charge on any atom is 0.329 e. The molecule has 2 aliphatic rings. The Morgan fingerprint density at radius 1 is 0.925 bits per heavy atom. The summed E-state index contributed by atoms with van der Waals surface area (Å²) in [5.74, 6) is -0.271. The van der Waals surface area contributed by atoms with Crippen molar-refractivity contribution in [2.45, 2.75) is 84.3 Å². The van der Waals surface area contributed by atoms with E-state index in [9.17, 15) is 19.2 Å². The number of nitrogens with one attached hydrogen (secondary N) is 1. The molecule has 0 saturated carbocycles. The Hall–Kier alpha value is -5.12. The summed E-state index contributed by atoms with van der Waals surface area (Å²) in [6.45, 7) is 6.02. The third-order valence-electron chi connectivity index (χ3n) is 10.4. The fourth-order valence-electron chi connectivity index (χ4n) is 6.78. The Bertz CT molecular complexity index is 1820. The predicted octanol–water partition coefficient (Wildman–Crippen LogP) is 6.83. The standard InChI is InChI=1S/C43H52N2O8/c1-6-43(2,3)40(47)41(48)45-25-10-9-16-35(45)42(49)53-36(21-17-29-18-22-37(50-4)38(26-29)51-5)32-13-11-14-33(27-32)52-28-39(46)44-24-23-31-20-19-30-12-7-8-15-34(30)31/h7-8,11-15,18,20,22,26-27,35-36H,6,9-10,16-17,19,21,23-25,28H2,1-5H3,(H,44,46)/t35?,36-/m1/s1. The maximum atomic E-state index is 13.9. The van der Waals surface area contributed by atoms with Gasteiger partial charge in [-0.3, -0.25) is 14.4 Å². The summed E-state index contributed by atoms with van der Waals surface area (Å²) in [5, 5.41) is 2.95. The number of allylic oxidation sites excluding steroid dienone is 1. The topological polar surface area (TPSA) is 120 Å². The van der Waals surface area contributed by atoms with E-state index < -0.39 is 35.2 Å². The largest absolute Gasteiger partial charge is 0.493 e. The average molecular weight is 725 g/mol. The van der Waals surface area contributed by atoms with Gasteiger partial charge >= 0.3 is 5.97 Å². The number of methoxy groups -OCH3 is 2. The Morgan fingerprint density at radius 3 is 2.49 bits per heavy atom. The summed E-state index contributed by atoms with van der Waals surface area (Å²) in [6, 6.07) is 20.3. The molecule has 1 fully saturated rings. The SMILES string of the molecule is CCC(C)(C)C(=O)C(=O)N1CCCCC1C(=O)O[C@H](CCc1ccc(OC)c(OC)c1)c1cccc(OCC(=O)NCCC2=CCc3ccccc32)c1. The Labute approximate surface area is 312 Å². The number of rotatable bonds is 17. The number of ether oxygens (including phenoxy) is 4. The number of piperidine rings is 1. The van der Waals surface area contributed by atoms with E-state index in [0.717, 1.165) is 24.8 Å². The highest BCUT2D eigenvalue weighted by Gasteiger charge is 2.41. The Morgan fingerprint density at radius 2 is 1.72 bits per heavy atom. The highest BCUT2D eigenvalue weighted by Crippen LogP contribution is 2.33. The van der Waals surface area contributed by atoms with Gasteiger partial charge in [-0.2, -0.15) is 0 Å². The molecular formula is C43H52N2O8. The van der Waals surface area contributed by atoms with E-state index in [4.69, 9.17) is 18.9 Å². The molecular weight excluding hydrogens is 672 g/mol. The van der Waals surface area contributed by atoms with Crippen LogP contribution in [0.15, 0.2) is 72.8 Å². The van der Waals surface area contributed by atoms with Crippen molar-refractivity contribution >= 4 is 29.1 Å². The summed E-state index contributed by atoms with van der Waals surface area (Å²) < 4.78 is 23.0. The second kappa shape index (κ2) is 18.1. The average Bonchev–Trinajstić information content (AvgIpc) is 3.60. The van der Waals surface area contributed by atoms with Crippen LogP contribution in [0.3, 0.4) is 0 Å². The molecule has 1 aliphatic carbocycles. The van der Waals surface area contributed by atoms with Crippen LogP contribution in [-0.2, 0) is 36.8 Å². The van der Waals surface area contributed by atoms with E-state index in [2.05, 4.69) is 23.5 Å². The molecule has 1 unspecified atom stereocenters. The lowest BCUT2D eigenvalue weighted by atomic mass is 9.84. The summed E-state index contributed by atoms with van der Waals surface area (Å²) in [4.78, 5) is 54.7. The molecule has 3 aromatic rings. The van der Waals surface area contributed by atoms with Crippen molar-refractivity contribution in [3.8, 4) is 17.2 Å². The van der Waals surface area contributed by atoms with E-state index in [1.807, 2.05) is 43.3 Å². The highest BCUT2D eigenvalue weighted by atomic mass is 16.5. The number of amides is 2. The second-order valence-corrected chi connectivity index (χ2v) is 14.3. The molecule has 5 rings (SSSR count). The number of carbonyl (C=O) groups is 4. The van der Waals surface area contributed by atoms with Gasteiger partial charge in [-0.15, -0.1) is 0 Å². The quantitative estimate of drug-likeness (QED) is 0.119. The third-order valence-corrected chi connectivity index (χ3v) is 10.4. The molecule has 1 saturated heterocycles. The number of nitrogens with zero attached hydrogens (tertiary/aromatic N) is 1. The first kappa shape index (κ1) is 39.1. The number of carbonyl (C=O) groups excluding carboxylic acids is 4. The van der Waals surface area contributed by atoms with Crippen LogP contribution in [-0.4, -0.2) is 68.4 Å². The van der Waals surface area contributed by atoms with Crippen LogP contribution in [0, 0.1) is 5.41 Å². The molecule has 282 valence electrons. The number of ketones is 1. The van der Waals surface area contributed by atoms with Crippen LogP contribution in [0.25, 0.3) is 5.57 Å². The van der Waals surface area contributed by atoms with Crippen LogP contribution in [0.2, 0.25) is 0 Å². The molecule has 0 aromatic heterocycles. The molecule has 10 heteroatoms. The van der Waals surface area contributed by atoms with Gasteiger partial charge in [0.15, 0.2) is 18.1 Å². The molecule has 0 bridgehead atoms. The first-order valence-corrected chi connectivity index (χ1v) is 18.6. The number of benzene rings is 3. The molecule has 2 amide bonds. The number of Topliss-reactive ketones (excluding diaryl/α,β-unsaturated/α-hetero) is 1. The lowest BCUT2D eigenvalue weighted by Gasteiger charge is -2.36. The van der Waals surface area contributed by atoms with Crippen molar-refractivity contribution < 1.29 is 38.1 Å². The number of likely N-dealkylation sites (tertiary alicyclic amines) is 1. The monoisotopic (exact) mass is 724 g/mol. The molecule has 0 radical (unpaired) electrons. The molecule has 1 aliphatic heterocycles. The fraction of sp³-hybridized carbons (Fsp3) is 0.442. The molecule has 0 spiro atoms. The minimum atomic E-state index is -0.868. The van der Waals surface area contributed by atoms with Crippen LogP contribution >= 0.6 is 0 Å². The molecule has 1 N–H and O–H groups in total. The normalized spacial score (nSPS) is 15.8. The van der Waals surface area contributed by atoms with Gasteiger partial charge in [0.1, 0.15) is 17.9 Å². The number of aryl methyl sites for hydroxylation is 1. The summed E-state index contributed by atoms with van der Waals surface area (Å²) in [7, 11) is 3.16.